The van der Waals surface area contributed by atoms with Crippen molar-refractivity contribution in [2.45, 2.75) is 6.42 Å². The first-order valence-corrected chi connectivity index (χ1v) is 5.62. The summed E-state index contributed by atoms with van der Waals surface area (Å²) in [5.41, 5.74) is 4.83. The maximum Gasteiger partial charge on any atom is 0.295 e. The first-order chi connectivity index (χ1) is 8.54. The van der Waals surface area contributed by atoms with Crippen molar-refractivity contribution < 1.29 is 13.7 Å². The minimum absolute atomic E-state index is 0.160. The van der Waals surface area contributed by atoms with E-state index in [1.807, 2.05) is 0 Å². The lowest BCUT2D eigenvalue weighted by molar-refractivity contribution is -0.384. The molecule has 1 atom stereocenters. The smallest absolute Gasteiger partial charge is 0.295 e. The predicted molar refractivity (Wildman–Crippen MR) is 62.4 cm³/mol. The standard InChI is InChI=1S/C11H13F2N3O2/c12-8-1-2-9(16(17)18)11(10(8)13)15-4-3-7(5-14)6-15/h1-2,7H,3-6,14H2. The van der Waals surface area contributed by atoms with Gasteiger partial charge in [-0.05, 0) is 24.9 Å². The number of nitro benzene ring substituents is 1. The number of nitrogens with zero attached hydrogens (tertiary/aromatic N) is 2. The summed E-state index contributed by atoms with van der Waals surface area (Å²) in [7, 11) is 0. The number of benzene rings is 1. The van der Waals surface area contributed by atoms with E-state index in [4.69, 9.17) is 5.73 Å². The lowest BCUT2D eigenvalue weighted by Crippen LogP contribution is -2.24. The third kappa shape index (κ3) is 2.13. The normalized spacial score (nSPS) is 19.3. The van der Waals surface area contributed by atoms with Crippen LogP contribution >= 0.6 is 0 Å². The number of rotatable bonds is 3. The molecule has 0 bridgehead atoms. The van der Waals surface area contributed by atoms with E-state index >= 15 is 0 Å². The third-order valence-electron chi connectivity index (χ3n) is 3.18. The predicted octanol–water partition coefficient (Wildman–Crippen LogP) is 1.66. The van der Waals surface area contributed by atoms with Gasteiger partial charge in [-0.1, -0.05) is 0 Å². The average Bonchev–Trinajstić information content (AvgIpc) is 2.80. The van der Waals surface area contributed by atoms with Crippen LogP contribution in [0.15, 0.2) is 12.1 Å². The van der Waals surface area contributed by atoms with E-state index in [0.717, 1.165) is 18.6 Å². The summed E-state index contributed by atoms with van der Waals surface area (Å²) in [4.78, 5) is 11.7. The van der Waals surface area contributed by atoms with E-state index in [9.17, 15) is 18.9 Å². The van der Waals surface area contributed by atoms with Crippen LogP contribution in [-0.2, 0) is 0 Å². The van der Waals surface area contributed by atoms with Crippen molar-refractivity contribution in [1.82, 2.24) is 0 Å². The fourth-order valence-electron chi connectivity index (χ4n) is 2.21. The summed E-state index contributed by atoms with van der Waals surface area (Å²) in [5.74, 6) is -2.08. The summed E-state index contributed by atoms with van der Waals surface area (Å²) in [6.45, 7) is 1.29. The van der Waals surface area contributed by atoms with Crippen LogP contribution in [0.25, 0.3) is 0 Å². The van der Waals surface area contributed by atoms with Gasteiger partial charge in [0.1, 0.15) is 0 Å². The van der Waals surface area contributed by atoms with Crippen LogP contribution < -0.4 is 10.6 Å². The lowest BCUT2D eigenvalue weighted by atomic mass is 10.1. The summed E-state index contributed by atoms with van der Waals surface area (Å²) < 4.78 is 27.0. The molecule has 1 fully saturated rings. The van der Waals surface area contributed by atoms with Crippen LogP contribution in [0.5, 0.6) is 0 Å². The first-order valence-electron chi connectivity index (χ1n) is 5.62. The molecule has 5 nitrogen and oxygen atoms in total. The number of hydrogen-bond acceptors (Lipinski definition) is 4. The second-order valence-electron chi connectivity index (χ2n) is 4.32. The molecule has 1 aromatic rings. The average molecular weight is 257 g/mol. The Labute approximate surface area is 102 Å². The highest BCUT2D eigenvalue weighted by molar-refractivity contribution is 5.64. The highest BCUT2D eigenvalue weighted by atomic mass is 19.2. The molecule has 98 valence electrons. The number of nitro groups is 1. The molecule has 0 spiro atoms. The Morgan fingerprint density at radius 3 is 2.78 bits per heavy atom. The van der Waals surface area contributed by atoms with Gasteiger partial charge in [0.05, 0.1) is 4.92 Å². The van der Waals surface area contributed by atoms with E-state index in [-0.39, 0.29) is 11.6 Å². The zero-order valence-corrected chi connectivity index (χ0v) is 9.60. The number of hydrogen-bond donors (Lipinski definition) is 1. The SMILES string of the molecule is NCC1CCN(c2c([N+](=O)[O-])ccc(F)c2F)C1. The molecular weight excluding hydrogens is 244 g/mol. The largest absolute Gasteiger partial charge is 0.363 e. The molecular formula is C11H13F2N3O2. The highest BCUT2D eigenvalue weighted by Gasteiger charge is 2.31. The van der Waals surface area contributed by atoms with E-state index in [2.05, 4.69) is 0 Å². The van der Waals surface area contributed by atoms with Gasteiger partial charge in [0.2, 0.25) is 0 Å². The zero-order valence-electron chi connectivity index (χ0n) is 9.60. The van der Waals surface area contributed by atoms with Crippen LogP contribution in [0.2, 0.25) is 0 Å². The fourth-order valence-corrected chi connectivity index (χ4v) is 2.21. The molecule has 0 radical (unpaired) electrons. The van der Waals surface area contributed by atoms with E-state index in [0.29, 0.717) is 19.6 Å². The molecule has 1 aromatic carbocycles. The fraction of sp³-hybridized carbons (Fsp3) is 0.455. The monoisotopic (exact) mass is 257 g/mol. The minimum Gasteiger partial charge on any atom is -0.363 e. The molecule has 1 aliphatic heterocycles. The van der Waals surface area contributed by atoms with Gasteiger partial charge in [-0.25, -0.2) is 8.78 Å². The summed E-state index contributed by atoms with van der Waals surface area (Å²) >= 11 is 0. The van der Waals surface area contributed by atoms with Crippen molar-refractivity contribution >= 4 is 11.4 Å². The van der Waals surface area contributed by atoms with Crippen LogP contribution in [0.1, 0.15) is 6.42 Å². The second-order valence-corrected chi connectivity index (χ2v) is 4.32. The van der Waals surface area contributed by atoms with Gasteiger partial charge >= 0.3 is 0 Å². The van der Waals surface area contributed by atoms with Crippen molar-refractivity contribution in [1.29, 1.82) is 0 Å². The van der Waals surface area contributed by atoms with Crippen LogP contribution in [0, 0.1) is 27.7 Å². The van der Waals surface area contributed by atoms with Crippen molar-refractivity contribution in [3.05, 3.63) is 33.9 Å². The van der Waals surface area contributed by atoms with Crippen molar-refractivity contribution in [3.8, 4) is 0 Å². The third-order valence-corrected chi connectivity index (χ3v) is 3.18. The van der Waals surface area contributed by atoms with Gasteiger partial charge in [-0.3, -0.25) is 10.1 Å². The number of halogens is 2. The summed E-state index contributed by atoms with van der Waals surface area (Å²) in [6, 6.07) is 1.76. The lowest BCUT2D eigenvalue weighted by Gasteiger charge is -2.19. The Hall–Kier alpha value is -1.76. The summed E-state index contributed by atoms with van der Waals surface area (Å²) in [5, 5.41) is 10.9. The maximum atomic E-state index is 13.8. The topological polar surface area (TPSA) is 72.4 Å². The van der Waals surface area contributed by atoms with E-state index in [1.54, 1.807) is 0 Å². The Kier molecular flexibility index (Phi) is 3.42. The first kappa shape index (κ1) is 12.7. The van der Waals surface area contributed by atoms with Gasteiger partial charge in [0.15, 0.2) is 17.3 Å². The molecule has 2 rings (SSSR count). The molecule has 0 aliphatic carbocycles. The molecule has 7 heteroatoms. The molecule has 0 aromatic heterocycles. The van der Waals surface area contributed by atoms with Crippen LogP contribution in [0.4, 0.5) is 20.2 Å². The second kappa shape index (κ2) is 4.85. The van der Waals surface area contributed by atoms with Gasteiger partial charge in [0.25, 0.3) is 5.69 Å². The van der Waals surface area contributed by atoms with E-state index in [1.165, 1.54) is 4.90 Å². The molecule has 2 N–H and O–H groups in total. The molecule has 1 saturated heterocycles. The minimum atomic E-state index is -1.16. The van der Waals surface area contributed by atoms with Crippen LogP contribution in [0.3, 0.4) is 0 Å². The molecule has 1 heterocycles. The Morgan fingerprint density at radius 1 is 1.50 bits per heavy atom. The Balaban J connectivity index is 2.42. The molecule has 18 heavy (non-hydrogen) atoms. The van der Waals surface area contributed by atoms with E-state index < -0.39 is 22.2 Å². The summed E-state index contributed by atoms with van der Waals surface area (Å²) in [6.07, 6.45) is 0.726. The van der Waals surface area contributed by atoms with Crippen molar-refractivity contribution in [2.75, 3.05) is 24.5 Å². The zero-order chi connectivity index (χ0) is 13.3. The quantitative estimate of drug-likeness (QED) is 0.660. The van der Waals surface area contributed by atoms with Crippen molar-refractivity contribution in [2.24, 2.45) is 11.7 Å². The number of anilines is 1. The maximum absolute atomic E-state index is 13.8. The van der Waals surface area contributed by atoms with Crippen molar-refractivity contribution in [3.63, 3.8) is 0 Å². The molecule has 1 aliphatic rings. The van der Waals surface area contributed by atoms with Crippen LogP contribution in [-0.4, -0.2) is 24.6 Å². The molecule has 0 saturated carbocycles. The highest BCUT2D eigenvalue weighted by Crippen LogP contribution is 2.35. The van der Waals surface area contributed by atoms with Gasteiger partial charge < -0.3 is 10.6 Å². The number of nitrogens with two attached hydrogens (primary N) is 1. The van der Waals surface area contributed by atoms with Gasteiger partial charge in [-0.15, -0.1) is 0 Å². The Bertz CT molecular complexity index is 482. The van der Waals surface area contributed by atoms with Gasteiger partial charge in [0, 0.05) is 19.2 Å². The molecule has 1 unspecified atom stereocenters. The molecule has 0 amide bonds. The van der Waals surface area contributed by atoms with Gasteiger partial charge in [-0.2, -0.15) is 0 Å². The Morgan fingerprint density at radius 2 is 2.22 bits per heavy atom.